The molecule has 198 valence electrons. The number of aliphatic hydroxyl groups excluding tert-OH is 1. The monoisotopic (exact) mass is 500 g/mol. The molecule has 3 heterocycles. The van der Waals surface area contributed by atoms with E-state index in [0.717, 1.165) is 19.5 Å². The number of ether oxygens (including phenoxy) is 2. The molecule has 9 heteroatoms. The molecule has 0 bridgehead atoms. The lowest BCUT2D eigenvalue weighted by Gasteiger charge is -2.38. The van der Waals surface area contributed by atoms with Gasteiger partial charge in [0, 0.05) is 50.8 Å². The van der Waals surface area contributed by atoms with E-state index >= 15 is 0 Å². The van der Waals surface area contributed by atoms with E-state index in [0.29, 0.717) is 49.9 Å². The van der Waals surface area contributed by atoms with Crippen molar-refractivity contribution < 1.29 is 24.2 Å². The van der Waals surface area contributed by atoms with Gasteiger partial charge in [0.1, 0.15) is 11.7 Å². The minimum absolute atomic E-state index is 0.00961. The van der Waals surface area contributed by atoms with Gasteiger partial charge in [-0.05, 0) is 18.9 Å². The SMILES string of the molecule is CC(C)CC#Cc1cnc2c(c1)C(=O)N([C@@H](C)CO)C[C@H](C)[C@@H](CN(C)C(=O)CN1CCOCC1)O2. The van der Waals surface area contributed by atoms with Gasteiger partial charge in [0.2, 0.25) is 11.8 Å². The molecule has 0 spiro atoms. The van der Waals surface area contributed by atoms with E-state index in [1.54, 1.807) is 29.1 Å². The first-order valence-electron chi connectivity index (χ1n) is 12.8. The number of rotatable bonds is 7. The number of amides is 2. The molecule has 2 amide bonds. The molecule has 2 aliphatic rings. The van der Waals surface area contributed by atoms with Crippen LogP contribution in [0.4, 0.5) is 0 Å². The topological polar surface area (TPSA) is 95.4 Å². The summed E-state index contributed by atoms with van der Waals surface area (Å²) in [5.74, 6) is 6.58. The van der Waals surface area contributed by atoms with Gasteiger partial charge in [0.05, 0.1) is 39.0 Å². The van der Waals surface area contributed by atoms with Crippen molar-refractivity contribution >= 4 is 11.8 Å². The number of morpholine rings is 1. The molecule has 0 aromatic carbocycles. The van der Waals surface area contributed by atoms with Gasteiger partial charge >= 0.3 is 0 Å². The van der Waals surface area contributed by atoms with Crippen molar-refractivity contribution in [3.63, 3.8) is 0 Å². The summed E-state index contributed by atoms with van der Waals surface area (Å²) in [7, 11) is 1.78. The number of carbonyl (C=O) groups is 2. The lowest BCUT2D eigenvalue weighted by molar-refractivity contribution is -0.133. The van der Waals surface area contributed by atoms with Crippen LogP contribution in [0, 0.1) is 23.7 Å². The lowest BCUT2D eigenvalue weighted by Crippen LogP contribution is -2.51. The molecule has 0 unspecified atom stereocenters. The maximum absolute atomic E-state index is 13.5. The standard InChI is InChI=1S/C27H40N4O5/c1-19(2)7-6-8-22-13-23-26(28-14-22)36-24(20(3)15-31(27(23)34)21(4)18-32)16-29(5)25(33)17-30-9-11-35-12-10-30/h13-14,19-21,24,32H,7,9-12,15-18H2,1-5H3/t20-,21-,24+/m0/s1. The van der Waals surface area contributed by atoms with Gasteiger partial charge in [-0.3, -0.25) is 14.5 Å². The fourth-order valence-electron chi connectivity index (χ4n) is 4.19. The first-order chi connectivity index (χ1) is 17.2. The Hall–Kier alpha value is -2.67. The van der Waals surface area contributed by atoms with E-state index in [2.05, 4.69) is 35.6 Å². The predicted molar refractivity (Wildman–Crippen MR) is 137 cm³/mol. The largest absolute Gasteiger partial charge is 0.472 e. The summed E-state index contributed by atoms with van der Waals surface area (Å²) < 4.78 is 11.7. The third kappa shape index (κ3) is 7.42. The van der Waals surface area contributed by atoms with E-state index < -0.39 is 0 Å². The molecule has 1 aromatic heterocycles. The molecule has 0 radical (unpaired) electrons. The Morgan fingerprint density at radius 1 is 1.31 bits per heavy atom. The maximum Gasteiger partial charge on any atom is 0.259 e. The molecule has 1 aromatic rings. The molecule has 9 nitrogen and oxygen atoms in total. The van der Waals surface area contributed by atoms with Crippen molar-refractivity contribution in [1.82, 2.24) is 19.7 Å². The summed E-state index contributed by atoms with van der Waals surface area (Å²) >= 11 is 0. The van der Waals surface area contributed by atoms with Crippen LogP contribution in [0.3, 0.4) is 0 Å². The van der Waals surface area contributed by atoms with Crippen LogP contribution < -0.4 is 4.74 Å². The molecular weight excluding hydrogens is 460 g/mol. The Morgan fingerprint density at radius 3 is 2.69 bits per heavy atom. The Morgan fingerprint density at radius 2 is 2.03 bits per heavy atom. The quantitative estimate of drug-likeness (QED) is 0.567. The van der Waals surface area contributed by atoms with Crippen molar-refractivity contribution in [1.29, 1.82) is 0 Å². The molecule has 1 N–H and O–H groups in total. The Kier molecular flexibility index (Phi) is 10.1. The molecule has 0 saturated carbocycles. The highest BCUT2D eigenvalue weighted by Crippen LogP contribution is 2.27. The van der Waals surface area contributed by atoms with Crippen LogP contribution >= 0.6 is 0 Å². The van der Waals surface area contributed by atoms with Gasteiger partial charge in [-0.15, -0.1) is 0 Å². The van der Waals surface area contributed by atoms with Crippen LogP contribution in [0.15, 0.2) is 12.3 Å². The summed E-state index contributed by atoms with van der Waals surface area (Å²) in [6, 6.07) is 1.35. The molecule has 3 atom stereocenters. The van der Waals surface area contributed by atoms with E-state index in [1.165, 1.54) is 0 Å². The number of hydrogen-bond acceptors (Lipinski definition) is 7. The van der Waals surface area contributed by atoms with Crippen LogP contribution in [0.25, 0.3) is 0 Å². The van der Waals surface area contributed by atoms with E-state index in [1.807, 2.05) is 13.8 Å². The second-order valence-electron chi connectivity index (χ2n) is 10.3. The summed E-state index contributed by atoms with van der Waals surface area (Å²) in [6.45, 7) is 11.7. The number of hydrogen-bond donors (Lipinski definition) is 1. The smallest absolute Gasteiger partial charge is 0.259 e. The van der Waals surface area contributed by atoms with Crippen LogP contribution in [0.5, 0.6) is 5.88 Å². The molecule has 1 saturated heterocycles. The van der Waals surface area contributed by atoms with Crippen molar-refractivity contribution in [2.24, 2.45) is 11.8 Å². The first-order valence-corrected chi connectivity index (χ1v) is 12.8. The first kappa shape index (κ1) is 27.9. The summed E-state index contributed by atoms with van der Waals surface area (Å²) in [5, 5.41) is 9.83. The minimum Gasteiger partial charge on any atom is -0.472 e. The number of aromatic nitrogens is 1. The fraction of sp³-hybridized carbons (Fsp3) is 0.667. The van der Waals surface area contributed by atoms with Crippen molar-refractivity contribution in [3.05, 3.63) is 23.4 Å². The van der Waals surface area contributed by atoms with Crippen LogP contribution in [-0.2, 0) is 9.53 Å². The number of pyridine rings is 1. The number of carbonyl (C=O) groups excluding carboxylic acids is 2. The van der Waals surface area contributed by atoms with Crippen molar-refractivity contribution in [2.75, 3.05) is 59.6 Å². The zero-order valence-corrected chi connectivity index (χ0v) is 22.2. The minimum atomic E-state index is -0.380. The highest BCUT2D eigenvalue weighted by molar-refractivity contribution is 5.97. The average Bonchev–Trinajstić information content (AvgIpc) is 2.86. The van der Waals surface area contributed by atoms with Crippen LogP contribution in [0.1, 0.15) is 50.0 Å². The Balaban J connectivity index is 1.83. The fourth-order valence-corrected chi connectivity index (χ4v) is 4.19. The second kappa shape index (κ2) is 13.0. The number of likely N-dealkylation sites (N-methyl/N-ethyl adjacent to an activating group) is 1. The normalized spacial score (nSPS) is 21.5. The molecule has 1 fully saturated rings. The zero-order valence-electron chi connectivity index (χ0n) is 22.2. The molecule has 0 aliphatic carbocycles. The van der Waals surface area contributed by atoms with Gasteiger partial charge < -0.3 is 24.4 Å². The van der Waals surface area contributed by atoms with Crippen LogP contribution in [0.2, 0.25) is 0 Å². The number of fused-ring (bicyclic) bond motifs is 1. The van der Waals surface area contributed by atoms with E-state index in [-0.39, 0.29) is 42.4 Å². The summed E-state index contributed by atoms with van der Waals surface area (Å²) in [6.07, 6.45) is 1.99. The zero-order chi connectivity index (χ0) is 26.2. The lowest BCUT2D eigenvalue weighted by atomic mass is 10.00. The maximum atomic E-state index is 13.5. The molecular formula is C27H40N4O5. The molecule has 36 heavy (non-hydrogen) atoms. The third-order valence-corrected chi connectivity index (χ3v) is 6.61. The van der Waals surface area contributed by atoms with Crippen LogP contribution in [-0.4, -0.2) is 108 Å². The van der Waals surface area contributed by atoms with Gasteiger partial charge in [-0.25, -0.2) is 4.98 Å². The summed E-state index contributed by atoms with van der Waals surface area (Å²) in [5.41, 5.74) is 0.969. The number of aliphatic hydroxyl groups is 1. The Labute approximate surface area is 214 Å². The third-order valence-electron chi connectivity index (χ3n) is 6.61. The predicted octanol–water partition coefficient (Wildman–Crippen LogP) is 1.49. The van der Waals surface area contributed by atoms with E-state index in [9.17, 15) is 14.7 Å². The number of nitrogens with zero attached hydrogens (tertiary/aromatic N) is 4. The Bertz CT molecular complexity index is 967. The highest BCUT2D eigenvalue weighted by Gasteiger charge is 2.34. The highest BCUT2D eigenvalue weighted by atomic mass is 16.5. The molecule has 2 aliphatic heterocycles. The molecule has 3 rings (SSSR count). The van der Waals surface area contributed by atoms with Crippen molar-refractivity contribution in [3.8, 4) is 17.7 Å². The van der Waals surface area contributed by atoms with E-state index in [4.69, 9.17) is 9.47 Å². The van der Waals surface area contributed by atoms with Gasteiger partial charge in [-0.1, -0.05) is 32.6 Å². The average molecular weight is 501 g/mol. The van der Waals surface area contributed by atoms with Gasteiger partial charge in [-0.2, -0.15) is 0 Å². The van der Waals surface area contributed by atoms with Gasteiger partial charge in [0.25, 0.3) is 5.91 Å². The van der Waals surface area contributed by atoms with Gasteiger partial charge in [0.15, 0.2) is 0 Å². The summed E-state index contributed by atoms with van der Waals surface area (Å²) in [4.78, 5) is 36.3. The second-order valence-corrected chi connectivity index (χ2v) is 10.3. The van der Waals surface area contributed by atoms with Crippen molar-refractivity contribution in [2.45, 2.75) is 46.3 Å².